The molecule has 4 atom stereocenters. The van der Waals surface area contributed by atoms with Gasteiger partial charge in [-0.2, -0.15) is 0 Å². The average molecular weight is 760 g/mol. The Labute approximate surface area is 322 Å². The highest BCUT2D eigenvalue weighted by atomic mass is 32.1. The fraction of sp³-hybridized carbons (Fsp3) is 0.238. The van der Waals surface area contributed by atoms with E-state index in [1.165, 1.54) is 11.3 Å². The first-order valence-corrected chi connectivity index (χ1v) is 18.8. The van der Waals surface area contributed by atoms with E-state index in [2.05, 4.69) is 26.3 Å². The number of aliphatic carboxylic acids is 1. The Hall–Kier alpha value is -6.34. The molecule has 55 heavy (non-hydrogen) atoms. The molecule has 4 amide bonds. The van der Waals surface area contributed by atoms with Crippen LogP contribution in [0.2, 0.25) is 0 Å². The minimum absolute atomic E-state index is 0.0423. The number of aromatic nitrogens is 1. The maximum atomic E-state index is 14.3. The highest BCUT2D eigenvalue weighted by Gasteiger charge is 2.32. The third kappa shape index (κ3) is 11.1. The molecule has 4 heterocycles. The molecule has 0 unspecified atom stereocenters. The van der Waals surface area contributed by atoms with E-state index in [1.807, 2.05) is 84.2 Å². The third-order valence-corrected chi connectivity index (χ3v) is 10.1. The van der Waals surface area contributed by atoms with Gasteiger partial charge in [0.15, 0.2) is 6.61 Å². The Morgan fingerprint density at radius 2 is 1.42 bits per heavy atom. The molecule has 282 valence electrons. The molecule has 0 fully saturated rings. The van der Waals surface area contributed by atoms with Gasteiger partial charge in [-0.3, -0.25) is 24.2 Å². The van der Waals surface area contributed by atoms with Crippen LogP contribution in [-0.2, 0) is 49.7 Å². The fourth-order valence-corrected chi connectivity index (χ4v) is 6.99. The van der Waals surface area contributed by atoms with Gasteiger partial charge in [0.2, 0.25) is 17.7 Å². The minimum Gasteiger partial charge on any atom is -0.484 e. The van der Waals surface area contributed by atoms with Crippen LogP contribution in [0.25, 0.3) is 11.1 Å². The number of carboxylic acids is 1. The van der Waals surface area contributed by atoms with E-state index in [0.717, 1.165) is 27.1 Å². The number of thiophene rings is 1. The lowest BCUT2D eigenvalue weighted by molar-refractivity contribution is -0.142. The number of carbonyl (C=O) groups excluding carboxylic acids is 4. The lowest BCUT2D eigenvalue weighted by Crippen LogP contribution is -2.59. The van der Waals surface area contributed by atoms with Crippen molar-refractivity contribution in [3.05, 3.63) is 142 Å². The summed E-state index contributed by atoms with van der Waals surface area (Å²) in [4.78, 5) is 72.9. The molecular formula is C42H41N5O7S. The Morgan fingerprint density at radius 1 is 0.709 bits per heavy atom. The van der Waals surface area contributed by atoms with E-state index in [4.69, 9.17) is 4.74 Å². The van der Waals surface area contributed by atoms with E-state index in [-0.39, 0.29) is 25.7 Å². The number of amides is 4. The largest absolute Gasteiger partial charge is 0.484 e. The molecule has 0 saturated carbocycles. The summed E-state index contributed by atoms with van der Waals surface area (Å²) >= 11 is 1.43. The molecule has 2 aliphatic heterocycles. The van der Waals surface area contributed by atoms with Crippen LogP contribution in [-0.4, -0.2) is 70.5 Å². The second kappa shape index (κ2) is 18.6. The van der Waals surface area contributed by atoms with Crippen LogP contribution in [0.5, 0.6) is 5.75 Å². The minimum atomic E-state index is -1.31. The zero-order valence-electron chi connectivity index (χ0n) is 29.9. The summed E-state index contributed by atoms with van der Waals surface area (Å²) in [6, 6.07) is 26.2. The number of pyridine rings is 1. The van der Waals surface area contributed by atoms with Gasteiger partial charge in [-0.05, 0) is 70.3 Å². The molecule has 2 bridgehead atoms. The zero-order valence-corrected chi connectivity index (χ0v) is 30.7. The van der Waals surface area contributed by atoms with Crippen molar-refractivity contribution in [1.82, 2.24) is 26.3 Å². The molecule has 7 rings (SSSR count). The molecule has 13 heteroatoms. The molecule has 12 nitrogen and oxygen atoms in total. The number of fused-ring (bicyclic) bond motifs is 16. The number of carbonyl (C=O) groups is 5. The first-order chi connectivity index (χ1) is 26.7. The van der Waals surface area contributed by atoms with Crippen LogP contribution < -0.4 is 26.0 Å². The third-order valence-electron chi connectivity index (χ3n) is 9.20. The van der Waals surface area contributed by atoms with Crippen molar-refractivity contribution in [2.24, 2.45) is 0 Å². The number of hydrogen-bond donors (Lipinski definition) is 5. The predicted octanol–water partition coefficient (Wildman–Crippen LogP) is 3.89. The van der Waals surface area contributed by atoms with E-state index in [0.29, 0.717) is 17.7 Å². The highest BCUT2D eigenvalue weighted by molar-refractivity contribution is 7.09. The molecule has 2 aromatic heterocycles. The molecule has 2 aliphatic rings. The van der Waals surface area contributed by atoms with E-state index >= 15 is 0 Å². The lowest BCUT2D eigenvalue weighted by atomic mass is 9.99. The SMILES string of the molecule is O=C1COc2ccc(cc2)C[C@@H](C(=O)O)NC(=O)[C@H](CCc2ccccc2)NC(=O)[C@@H](Cc2ccc(-c3cccnc3)cc2)NC(=O)[C@H](Cc2cccs2)N1. The molecule has 5 N–H and O–H groups in total. The van der Waals surface area contributed by atoms with Crippen molar-refractivity contribution < 1.29 is 33.8 Å². The molecule has 0 saturated heterocycles. The lowest BCUT2D eigenvalue weighted by Gasteiger charge is -2.26. The van der Waals surface area contributed by atoms with Crippen molar-refractivity contribution in [2.75, 3.05) is 6.61 Å². The van der Waals surface area contributed by atoms with Gasteiger partial charge in [-0.1, -0.05) is 78.9 Å². The van der Waals surface area contributed by atoms with Crippen LogP contribution in [0.4, 0.5) is 0 Å². The van der Waals surface area contributed by atoms with E-state index in [9.17, 15) is 29.1 Å². The number of ether oxygens (including phenoxy) is 1. The number of benzene rings is 3. The number of aryl methyl sites for hydroxylation is 1. The van der Waals surface area contributed by atoms with Crippen molar-refractivity contribution in [1.29, 1.82) is 0 Å². The number of hydrogen-bond acceptors (Lipinski definition) is 8. The monoisotopic (exact) mass is 759 g/mol. The molecule has 0 aliphatic carbocycles. The summed E-state index contributed by atoms with van der Waals surface area (Å²) < 4.78 is 5.69. The Kier molecular flexibility index (Phi) is 13.0. The van der Waals surface area contributed by atoms with Crippen LogP contribution in [0.3, 0.4) is 0 Å². The molecular weight excluding hydrogens is 719 g/mol. The smallest absolute Gasteiger partial charge is 0.326 e. The highest BCUT2D eigenvalue weighted by Crippen LogP contribution is 2.20. The summed E-state index contributed by atoms with van der Waals surface area (Å²) in [6.45, 7) is -0.391. The van der Waals surface area contributed by atoms with Crippen LogP contribution in [0, 0.1) is 0 Å². The number of carboxylic acid groups (broad SMARTS) is 1. The second-order valence-electron chi connectivity index (χ2n) is 13.2. The quantitative estimate of drug-likeness (QED) is 0.141. The maximum absolute atomic E-state index is 14.3. The van der Waals surface area contributed by atoms with Gasteiger partial charge in [0.25, 0.3) is 5.91 Å². The van der Waals surface area contributed by atoms with E-state index in [1.54, 1.807) is 36.7 Å². The zero-order chi connectivity index (χ0) is 38.6. The van der Waals surface area contributed by atoms with Crippen LogP contribution >= 0.6 is 11.3 Å². The van der Waals surface area contributed by atoms with Crippen molar-refractivity contribution in [3.63, 3.8) is 0 Å². The topological polar surface area (TPSA) is 176 Å². The fourth-order valence-electron chi connectivity index (χ4n) is 6.23. The van der Waals surface area contributed by atoms with Gasteiger partial charge in [-0.15, -0.1) is 11.3 Å². The molecule has 0 radical (unpaired) electrons. The van der Waals surface area contributed by atoms with Gasteiger partial charge in [0.1, 0.15) is 29.9 Å². The number of nitrogens with zero attached hydrogens (tertiary/aromatic N) is 1. The summed E-state index contributed by atoms with van der Waals surface area (Å²) in [5.74, 6) is -3.37. The van der Waals surface area contributed by atoms with Gasteiger partial charge < -0.3 is 31.1 Å². The maximum Gasteiger partial charge on any atom is 0.326 e. The molecule has 0 spiro atoms. The first kappa shape index (κ1) is 38.4. The van der Waals surface area contributed by atoms with Crippen molar-refractivity contribution in [3.8, 4) is 16.9 Å². The van der Waals surface area contributed by atoms with Gasteiger partial charge >= 0.3 is 5.97 Å². The molecule has 5 aromatic rings. The summed E-state index contributed by atoms with van der Waals surface area (Å²) in [5, 5.41) is 23.0. The number of rotatable bonds is 9. The first-order valence-electron chi connectivity index (χ1n) is 17.9. The van der Waals surface area contributed by atoms with Gasteiger partial charge in [0, 0.05) is 36.5 Å². The normalized spacial score (nSPS) is 19.7. The molecule has 3 aromatic carbocycles. The van der Waals surface area contributed by atoms with Gasteiger partial charge in [0.05, 0.1) is 0 Å². The second-order valence-corrected chi connectivity index (χ2v) is 14.3. The number of nitrogens with one attached hydrogen (secondary N) is 4. The van der Waals surface area contributed by atoms with Crippen LogP contribution in [0.1, 0.15) is 28.0 Å². The van der Waals surface area contributed by atoms with Gasteiger partial charge in [-0.25, -0.2) is 4.79 Å². The standard InChI is InChI=1S/C42H41N5O7S/c48-38-26-54-32-17-12-29(13-18-32)23-37(42(52)53)47-39(49)34(19-14-27-6-2-1-3-7-27)45-40(50)35(46-41(51)36(44-38)24-33-9-5-21-55-33)22-28-10-15-30(16-11-28)31-8-4-20-43-25-31/h1-13,15-18,20-21,25,34-37H,14,19,22-24,26H2,(H,44,48)(H,45,50)(H,46,51)(H,47,49)(H,52,53)/t34-,35+,36-,37-/m0/s1. The Balaban J connectivity index is 1.33. The van der Waals surface area contributed by atoms with Crippen molar-refractivity contribution >= 4 is 40.9 Å². The summed E-state index contributed by atoms with van der Waals surface area (Å²) in [6.07, 6.45) is 4.15. The Morgan fingerprint density at radius 3 is 2.09 bits per heavy atom. The average Bonchev–Trinajstić information content (AvgIpc) is 3.72. The summed E-state index contributed by atoms with van der Waals surface area (Å²) in [7, 11) is 0. The van der Waals surface area contributed by atoms with Crippen molar-refractivity contribution in [2.45, 2.75) is 56.3 Å². The predicted molar refractivity (Wildman–Crippen MR) is 207 cm³/mol. The summed E-state index contributed by atoms with van der Waals surface area (Å²) in [5.41, 5.74) is 4.06. The Bertz CT molecular complexity index is 2060. The van der Waals surface area contributed by atoms with Crippen LogP contribution in [0.15, 0.2) is 121 Å². The van der Waals surface area contributed by atoms with E-state index < -0.39 is 60.4 Å².